The molecule has 0 saturated carbocycles. The van der Waals surface area contributed by atoms with Gasteiger partial charge < -0.3 is 0 Å². The molecule has 1 aromatic rings. The molecule has 0 atom stereocenters. The quantitative estimate of drug-likeness (QED) is 0.529. The van der Waals surface area contributed by atoms with Crippen molar-refractivity contribution in [1.29, 1.82) is 0 Å². The van der Waals surface area contributed by atoms with Gasteiger partial charge >= 0.3 is 0 Å². The first-order valence-electron chi connectivity index (χ1n) is 2.92. The van der Waals surface area contributed by atoms with Crippen molar-refractivity contribution < 1.29 is 4.39 Å². The van der Waals surface area contributed by atoms with Gasteiger partial charge in [0.25, 0.3) is 0 Å². The molecule has 1 aromatic heterocycles. The Labute approximate surface area is 80.1 Å². The summed E-state index contributed by atoms with van der Waals surface area (Å²) in [5.41, 5.74) is 0. The van der Waals surface area contributed by atoms with Crippen LogP contribution >= 0.6 is 30.7 Å². The Hall–Kier alpha value is -0.250. The van der Waals surface area contributed by atoms with Gasteiger partial charge in [0, 0.05) is 0 Å². The summed E-state index contributed by atoms with van der Waals surface area (Å²) < 4.78 is 13.0. The second kappa shape index (κ2) is 3.24. The van der Waals surface area contributed by atoms with Crippen LogP contribution in [-0.2, 0) is 0 Å². The topological polar surface area (TPSA) is 12.9 Å². The Balaban J connectivity index is 3.39. The lowest BCUT2D eigenvalue weighted by atomic mass is 10.5. The first-order chi connectivity index (χ1) is 5.41. The predicted octanol–water partition coefficient (Wildman–Crippen LogP) is 3.06. The molecule has 0 aliphatic rings. The lowest BCUT2D eigenvalue weighted by Crippen LogP contribution is -1.87. The summed E-state index contributed by atoms with van der Waals surface area (Å²) >= 11 is 5.44. The highest BCUT2D eigenvalue weighted by Crippen LogP contribution is 2.37. The molecule has 0 fully saturated rings. The van der Waals surface area contributed by atoms with E-state index >= 15 is 0 Å². The molecule has 0 bridgehead atoms. The maximum absolute atomic E-state index is 13.0. The molecule has 0 N–H and O–H groups in total. The number of rotatable bonds is 1. The van der Waals surface area contributed by atoms with Crippen LogP contribution in [0.2, 0.25) is 5.15 Å². The van der Waals surface area contributed by atoms with Crippen LogP contribution in [0.4, 0.5) is 4.39 Å². The molecule has 0 spiro atoms. The fourth-order valence-electron chi connectivity index (χ4n) is 0.672. The second-order valence-corrected chi connectivity index (χ2v) is 6.39. The van der Waals surface area contributed by atoms with Gasteiger partial charge in [-0.3, -0.25) is 0 Å². The summed E-state index contributed by atoms with van der Waals surface area (Å²) in [5.74, 6) is 6.39. The molecular formula is C7H6Cl2FNS. The largest absolute Gasteiger partial charge is 0.228 e. The minimum absolute atomic E-state index is 0.0940. The van der Waals surface area contributed by atoms with Gasteiger partial charge in [-0.1, -0.05) is 34.0 Å². The van der Waals surface area contributed by atoms with Crippen molar-refractivity contribution in [2.45, 2.75) is 4.90 Å². The van der Waals surface area contributed by atoms with Crippen LogP contribution < -0.4 is 0 Å². The molecular weight excluding hydrogens is 220 g/mol. The van der Waals surface area contributed by atoms with Gasteiger partial charge in [-0.2, -0.15) is 4.39 Å². The Morgan fingerprint density at radius 3 is 2.42 bits per heavy atom. The minimum Gasteiger partial charge on any atom is -0.207 e. The van der Waals surface area contributed by atoms with Gasteiger partial charge in [0.2, 0.25) is 5.95 Å². The Kier molecular flexibility index (Phi) is 2.66. The van der Waals surface area contributed by atoms with Crippen LogP contribution in [0, 0.1) is 5.95 Å². The van der Waals surface area contributed by atoms with E-state index in [9.17, 15) is 4.39 Å². The highest BCUT2D eigenvalue weighted by molar-refractivity contribution is 8.45. The van der Waals surface area contributed by atoms with Gasteiger partial charge in [-0.15, -0.1) is 8.42 Å². The number of nitrogens with zero attached hydrogens (tertiary/aromatic N) is 1. The van der Waals surface area contributed by atoms with Crippen molar-refractivity contribution >= 4 is 42.4 Å². The average Bonchev–Trinajstić information content (AvgIpc) is 1.83. The summed E-state index contributed by atoms with van der Waals surface area (Å²) in [6, 6.07) is 2.91. The molecule has 66 valence electrons. The van der Waals surface area contributed by atoms with Crippen molar-refractivity contribution in [3.05, 3.63) is 23.2 Å². The minimum atomic E-state index is -2.07. The van der Waals surface area contributed by atoms with Crippen molar-refractivity contribution in [2.24, 2.45) is 0 Å². The monoisotopic (exact) mass is 225 g/mol. The number of hydrogen-bond donors (Lipinski definition) is 0. The van der Waals surface area contributed by atoms with Crippen LogP contribution in [0.5, 0.6) is 0 Å². The Morgan fingerprint density at radius 1 is 1.42 bits per heavy atom. The van der Waals surface area contributed by atoms with Crippen molar-refractivity contribution in [3.63, 3.8) is 0 Å². The van der Waals surface area contributed by atoms with E-state index in [1.54, 1.807) is 0 Å². The SMILES string of the molecule is C=S(=C)(Cl)c1ccc(Cl)nc1F. The molecule has 0 aliphatic heterocycles. The third-order valence-corrected chi connectivity index (χ3v) is 2.98. The zero-order valence-electron chi connectivity index (χ0n) is 6.06. The van der Waals surface area contributed by atoms with Crippen LogP contribution in [0.15, 0.2) is 17.0 Å². The zero-order valence-corrected chi connectivity index (χ0v) is 8.39. The molecule has 0 unspecified atom stereocenters. The van der Waals surface area contributed by atoms with E-state index in [0.717, 1.165) is 0 Å². The van der Waals surface area contributed by atoms with Crippen LogP contribution in [0.1, 0.15) is 0 Å². The van der Waals surface area contributed by atoms with Crippen molar-refractivity contribution in [1.82, 2.24) is 4.98 Å². The molecule has 1 nitrogen and oxygen atoms in total. The predicted molar refractivity (Wildman–Crippen MR) is 55.2 cm³/mol. The van der Waals surface area contributed by atoms with E-state index in [1.165, 1.54) is 12.1 Å². The van der Waals surface area contributed by atoms with E-state index < -0.39 is 14.4 Å². The third kappa shape index (κ3) is 2.12. The molecule has 0 amide bonds. The van der Waals surface area contributed by atoms with Gasteiger partial charge in [0.05, 0.1) is 4.90 Å². The molecule has 5 heteroatoms. The first kappa shape index (κ1) is 9.84. The highest BCUT2D eigenvalue weighted by Gasteiger charge is 2.07. The lowest BCUT2D eigenvalue weighted by molar-refractivity contribution is 0.557. The molecule has 0 radical (unpaired) electrons. The molecule has 1 heterocycles. The van der Waals surface area contributed by atoms with Gasteiger partial charge in [0.15, 0.2) is 0 Å². The van der Waals surface area contributed by atoms with E-state index in [0.29, 0.717) is 0 Å². The highest BCUT2D eigenvalue weighted by atomic mass is 35.7. The smallest absolute Gasteiger partial charge is 0.207 e. The van der Waals surface area contributed by atoms with Crippen LogP contribution in [0.3, 0.4) is 0 Å². The van der Waals surface area contributed by atoms with Gasteiger partial charge in [-0.25, -0.2) is 4.98 Å². The van der Waals surface area contributed by atoms with Crippen molar-refractivity contribution in [3.8, 4) is 0 Å². The summed E-state index contributed by atoms with van der Waals surface area (Å²) in [7, 11) is 3.68. The zero-order chi connectivity index (χ0) is 9.35. The summed E-state index contributed by atoms with van der Waals surface area (Å²) in [4.78, 5) is 3.61. The molecule has 1 rings (SSSR count). The van der Waals surface area contributed by atoms with Crippen LogP contribution in [0.25, 0.3) is 0 Å². The van der Waals surface area contributed by atoms with Gasteiger partial charge in [-0.05, 0) is 12.1 Å². The third-order valence-electron chi connectivity index (χ3n) is 1.17. The Bertz CT molecular complexity index is 400. The van der Waals surface area contributed by atoms with E-state index in [4.69, 9.17) is 22.3 Å². The maximum Gasteiger partial charge on any atom is 0.228 e. The average molecular weight is 226 g/mol. The van der Waals surface area contributed by atoms with E-state index in [2.05, 4.69) is 16.7 Å². The number of halogens is 3. The standard InChI is InChI=1S/C7H6Cl2FNS/c1-12(2,9)5-3-4-6(8)11-7(5)10/h3-4H,1-2H2. The summed E-state index contributed by atoms with van der Waals surface area (Å²) in [6.07, 6.45) is 0. The second-order valence-electron chi connectivity index (χ2n) is 2.21. The van der Waals surface area contributed by atoms with E-state index in [1.807, 2.05) is 0 Å². The normalized spacial score (nSPS) is 11.6. The van der Waals surface area contributed by atoms with Crippen LogP contribution in [-0.4, -0.2) is 16.7 Å². The fraction of sp³-hybridized carbons (Fsp3) is 0. The molecule has 0 saturated heterocycles. The number of hydrogen-bond acceptors (Lipinski definition) is 1. The molecule has 0 aromatic carbocycles. The van der Waals surface area contributed by atoms with Crippen molar-refractivity contribution in [2.75, 3.05) is 0 Å². The number of aromatic nitrogens is 1. The lowest BCUT2D eigenvalue weighted by Gasteiger charge is -2.05. The summed E-state index contributed by atoms with van der Waals surface area (Å²) in [6.45, 7) is 0. The fourth-order valence-corrected chi connectivity index (χ4v) is 1.81. The first-order valence-corrected chi connectivity index (χ1v) is 6.10. The maximum atomic E-state index is 13.0. The van der Waals surface area contributed by atoms with Gasteiger partial charge in [0.1, 0.15) is 5.15 Å². The number of pyridine rings is 1. The summed E-state index contributed by atoms with van der Waals surface area (Å²) in [5, 5.41) is 0.0940. The molecule has 12 heavy (non-hydrogen) atoms. The van der Waals surface area contributed by atoms with E-state index in [-0.39, 0.29) is 10.0 Å². The molecule has 0 aliphatic carbocycles. The Morgan fingerprint density at radius 2 is 2.00 bits per heavy atom.